The van der Waals surface area contributed by atoms with Gasteiger partial charge in [-0.25, -0.2) is 0 Å². The number of furan rings is 1. The average Bonchev–Trinajstić information content (AvgIpc) is 3.25. The molecule has 1 aliphatic rings. The first-order valence-electron chi connectivity index (χ1n) is 8.40. The number of ether oxygens (including phenoxy) is 1. The number of aromatic nitrogens is 2. The number of rotatable bonds is 5. The zero-order valence-electron chi connectivity index (χ0n) is 13.5. The molecule has 0 bridgehead atoms. The van der Waals surface area contributed by atoms with Crippen LogP contribution in [0.15, 0.2) is 59.7 Å². The summed E-state index contributed by atoms with van der Waals surface area (Å²) in [6, 6.07) is 10.6. The monoisotopic (exact) mass is 323 g/mol. The van der Waals surface area contributed by atoms with Crippen LogP contribution in [0.2, 0.25) is 0 Å². The second kappa shape index (κ2) is 6.93. The van der Waals surface area contributed by atoms with Gasteiger partial charge in [0.2, 0.25) is 0 Å². The lowest BCUT2D eigenvalue weighted by Gasteiger charge is -2.18. The zero-order chi connectivity index (χ0) is 16.2. The van der Waals surface area contributed by atoms with Crippen molar-refractivity contribution in [3.8, 4) is 16.9 Å². The second-order valence-electron chi connectivity index (χ2n) is 6.04. The molecule has 5 nitrogen and oxygen atoms in total. The minimum absolute atomic E-state index is 0.340. The zero-order valence-corrected chi connectivity index (χ0v) is 13.5. The first-order chi connectivity index (χ1) is 11.9. The minimum Gasteiger partial charge on any atom is -0.493 e. The number of nitrogens with one attached hydrogen (secondary N) is 1. The van der Waals surface area contributed by atoms with Crippen LogP contribution in [0.3, 0.4) is 0 Å². The van der Waals surface area contributed by atoms with E-state index in [0.717, 1.165) is 49.4 Å². The largest absolute Gasteiger partial charge is 0.493 e. The van der Waals surface area contributed by atoms with Gasteiger partial charge in [0, 0.05) is 35.5 Å². The van der Waals surface area contributed by atoms with Gasteiger partial charge in [0.25, 0.3) is 0 Å². The Morgan fingerprint density at radius 3 is 3.08 bits per heavy atom. The van der Waals surface area contributed by atoms with Gasteiger partial charge in [-0.3, -0.25) is 4.68 Å². The summed E-state index contributed by atoms with van der Waals surface area (Å²) in [5.41, 5.74) is 3.40. The van der Waals surface area contributed by atoms with Gasteiger partial charge in [-0.15, -0.1) is 0 Å². The Hall–Kier alpha value is -2.53. The van der Waals surface area contributed by atoms with Crippen molar-refractivity contribution >= 4 is 0 Å². The van der Waals surface area contributed by atoms with Crippen molar-refractivity contribution in [1.29, 1.82) is 0 Å². The Labute approximate surface area is 141 Å². The summed E-state index contributed by atoms with van der Waals surface area (Å²) in [7, 11) is 0. The van der Waals surface area contributed by atoms with E-state index in [4.69, 9.17) is 9.15 Å². The van der Waals surface area contributed by atoms with E-state index >= 15 is 0 Å². The van der Waals surface area contributed by atoms with E-state index in [2.05, 4.69) is 34.8 Å². The predicted molar refractivity (Wildman–Crippen MR) is 91.8 cm³/mol. The Balaban J connectivity index is 1.37. The van der Waals surface area contributed by atoms with Gasteiger partial charge in [-0.2, -0.15) is 5.10 Å². The minimum atomic E-state index is 0.340. The Morgan fingerprint density at radius 1 is 1.21 bits per heavy atom. The molecule has 2 aromatic heterocycles. The number of hydrogen-bond donors (Lipinski definition) is 1. The third-order valence-corrected chi connectivity index (χ3v) is 4.41. The van der Waals surface area contributed by atoms with Gasteiger partial charge in [0.15, 0.2) is 0 Å². The fourth-order valence-corrected chi connectivity index (χ4v) is 3.15. The van der Waals surface area contributed by atoms with E-state index in [1.54, 1.807) is 12.5 Å². The van der Waals surface area contributed by atoms with Gasteiger partial charge < -0.3 is 14.5 Å². The van der Waals surface area contributed by atoms with Gasteiger partial charge in [-0.05, 0) is 25.0 Å². The average molecular weight is 323 g/mol. The third-order valence-electron chi connectivity index (χ3n) is 4.41. The van der Waals surface area contributed by atoms with E-state index < -0.39 is 0 Å². The van der Waals surface area contributed by atoms with Crippen LogP contribution in [0.5, 0.6) is 5.75 Å². The topological polar surface area (TPSA) is 52.2 Å². The summed E-state index contributed by atoms with van der Waals surface area (Å²) in [6.07, 6.45) is 9.51. The first-order valence-corrected chi connectivity index (χ1v) is 8.40. The lowest BCUT2D eigenvalue weighted by molar-refractivity contribution is 0.315. The quantitative estimate of drug-likeness (QED) is 0.779. The highest BCUT2D eigenvalue weighted by molar-refractivity contribution is 5.59. The molecular formula is C19H21N3O2. The standard InChI is InChI=1S/C19H21N3O2/c1-2-6-19-17(4-1)18(5-3-10-24-19)20-8-9-22-13-16(12-21-22)15-7-11-23-14-15/h1-2,4,6-7,11-14,18,20H,3,5,8-10H2. The number of fused-ring (bicyclic) bond motifs is 1. The number of hydrogen-bond acceptors (Lipinski definition) is 4. The summed E-state index contributed by atoms with van der Waals surface area (Å²) in [4.78, 5) is 0. The molecule has 1 unspecified atom stereocenters. The molecule has 24 heavy (non-hydrogen) atoms. The Morgan fingerprint density at radius 2 is 2.17 bits per heavy atom. The van der Waals surface area contributed by atoms with Crippen molar-refractivity contribution in [2.24, 2.45) is 0 Å². The van der Waals surface area contributed by atoms with Crippen LogP contribution < -0.4 is 10.1 Å². The van der Waals surface area contributed by atoms with Crippen molar-refractivity contribution in [3.63, 3.8) is 0 Å². The molecule has 1 aromatic carbocycles. The molecule has 1 atom stereocenters. The summed E-state index contributed by atoms with van der Waals surface area (Å²) in [6.45, 7) is 2.49. The molecule has 124 valence electrons. The maximum absolute atomic E-state index is 5.82. The van der Waals surface area contributed by atoms with Crippen LogP contribution in [0.25, 0.3) is 11.1 Å². The highest BCUT2D eigenvalue weighted by Crippen LogP contribution is 2.30. The van der Waals surface area contributed by atoms with E-state index in [1.807, 2.05) is 23.0 Å². The van der Waals surface area contributed by atoms with E-state index in [1.165, 1.54) is 5.56 Å². The second-order valence-corrected chi connectivity index (χ2v) is 6.04. The molecule has 1 aliphatic heterocycles. The van der Waals surface area contributed by atoms with Crippen LogP contribution in [0, 0.1) is 0 Å². The van der Waals surface area contributed by atoms with Gasteiger partial charge in [0.1, 0.15) is 5.75 Å². The molecule has 4 rings (SSSR count). The molecule has 3 aromatic rings. The summed E-state index contributed by atoms with van der Waals surface area (Å²) in [5.74, 6) is 1.01. The van der Waals surface area contributed by atoms with Crippen LogP contribution in [0.4, 0.5) is 0 Å². The molecule has 0 radical (unpaired) electrons. The fraction of sp³-hybridized carbons (Fsp3) is 0.316. The van der Waals surface area contributed by atoms with Crippen LogP contribution in [0.1, 0.15) is 24.4 Å². The van der Waals surface area contributed by atoms with E-state index in [-0.39, 0.29) is 0 Å². The van der Waals surface area contributed by atoms with Crippen LogP contribution >= 0.6 is 0 Å². The lowest BCUT2D eigenvalue weighted by Crippen LogP contribution is -2.25. The molecule has 1 N–H and O–H groups in total. The molecule has 0 saturated heterocycles. The number of nitrogens with zero attached hydrogens (tertiary/aromatic N) is 2. The van der Waals surface area contributed by atoms with Crippen LogP contribution in [-0.4, -0.2) is 22.9 Å². The maximum Gasteiger partial charge on any atom is 0.124 e. The van der Waals surface area contributed by atoms with Crippen molar-refractivity contribution in [1.82, 2.24) is 15.1 Å². The molecule has 3 heterocycles. The van der Waals surface area contributed by atoms with E-state index in [9.17, 15) is 0 Å². The molecule has 0 aliphatic carbocycles. The summed E-state index contributed by atoms with van der Waals surface area (Å²) >= 11 is 0. The van der Waals surface area contributed by atoms with Crippen LogP contribution in [-0.2, 0) is 6.54 Å². The van der Waals surface area contributed by atoms with Gasteiger partial charge >= 0.3 is 0 Å². The highest BCUT2D eigenvalue weighted by atomic mass is 16.5. The fourth-order valence-electron chi connectivity index (χ4n) is 3.15. The van der Waals surface area contributed by atoms with Gasteiger partial charge in [-0.1, -0.05) is 18.2 Å². The third kappa shape index (κ3) is 3.21. The number of para-hydroxylation sites is 1. The Kier molecular flexibility index (Phi) is 4.34. The van der Waals surface area contributed by atoms with Gasteiger partial charge in [0.05, 0.1) is 31.9 Å². The highest BCUT2D eigenvalue weighted by Gasteiger charge is 2.18. The molecular weight excluding hydrogens is 302 g/mol. The molecule has 0 amide bonds. The van der Waals surface area contributed by atoms with Crippen molar-refractivity contribution < 1.29 is 9.15 Å². The van der Waals surface area contributed by atoms with Crippen molar-refractivity contribution in [2.45, 2.75) is 25.4 Å². The SMILES string of the molecule is c1ccc2c(c1)OCCCC2NCCn1cc(-c2ccoc2)cn1. The molecule has 0 fully saturated rings. The normalized spacial score (nSPS) is 17.1. The smallest absolute Gasteiger partial charge is 0.124 e. The maximum atomic E-state index is 5.82. The number of benzene rings is 1. The van der Waals surface area contributed by atoms with Crippen molar-refractivity contribution in [3.05, 3.63) is 60.8 Å². The molecule has 0 spiro atoms. The summed E-state index contributed by atoms with van der Waals surface area (Å²) < 4.78 is 12.9. The Bertz CT molecular complexity index is 780. The predicted octanol–water partition coefficient (Wildman–Crippen LogP) is 3.65. The molecule has 5 heteroatoms. The lowest BCUT2D eigenvalue weighted by atomic mass is 10.0. The molecule has 0 saturated carbocycles. The van der Waals surface area contributed by atoms with Crippen molar-refractivity contribution in [2.75, 3.05) is 13.2 Å². The summed E-state index contributed by atoms with van der Waals surface area (Å²) in [5, 5.41) is 8.08. The first kappa shape index (κ1) is 15.0. The van der Waals surface area contributed by atoms with E-state index in [0.29, 0.717) is 6.04 Å².